The highest BCUT2D eigenvalue weighted by molar-refractivity contribution is 7.16. The Bertz CT molecular complexity index is 393. The quantitative estimate of drug-likeness (QED) is 0.855. The van der Waals surface area contributed by atoms with Crippen LogP contribution >= 0.6 is 22.9 Å². The summed E-state index contributed by atoms with van der Waals surface area (Å²) in [4.78, 5) is 0.796. The molecule has 2 heterocycles. The highest BCUT2D eigenvalue weighted by atomic mass is 35.5. The zero-order valence-corrected chi connectivity index (χ0v) is 9.10. The van der Waals surface area contributed by atoms with Crippen LogP contribution in [0.1, 0.15) is 22.5 Å². The van der Waals surface area contributed by atoms with Crippen molar-refractivity contribution in [1.29, 1.82) is 0 Å². The van der Waals surface area contributed by atoms with Crippen molar-refractivity contribution in [2.45, 2.75) is 13.0 Å². The molecule has 0 aliphatic rings. The van der Waals surface area contributed by atoms with Crippen LogP contribution in [-0.2, 0) is 0 Å². The summed E-state index contributed by atoms with van der Waals surface area (Å²) in [6, 6.07) is 7.16. The normalized spacial score (nSPS) is 13.1. The second-order valence-electron chi connectivity index (χ2n) is 2.99. The number of hydrogen-bond donors (Lipinski definition) is 1. The molecule has 2 rings (SSSR count). The van der Waals surface area contributed by atoms with Crippen LogP contribution in [0.5, 0.6) is 0 Å². The molecular weight excluding hydrogens is 220 g/mol. The van der Waals surface area contributed by atoms with E-state index in [1.807, 2.05) is 13.0 Å². The monoisotopic (exact) mass is 228 g/mol. The van der Waals surface area contributed by atoms with Crippen LogP contribution in [-0.4, -0.2) is 5.11 Å². The Morgan fingerprint density at radius 2 is 2.14 bits per heavy atom. The van der Waals surface area contributed by atoms with Gasteiger partial charge in [0.25, 0.3) is 0 Å². The minimum atomic E-state index is -0.707. The third-order valence-electron chi connectivity index (χ3n) is 1.89. The van der Waals surface area contributed by atoms with Crippen molar-refractivity contribution in [2.24, 2.45) is 0 Å². The molecule has 0 aliphatic heterocycles. The zero-order chi connectivity index (χ0) is 10.1. The molecule has 2 aromatic rings. The van der Waals surface area contributed by atoms with E-state index < -0.39 is 6.10 Å². The SMILES string of the molecule is Cc1ccc([C@H](O)c2ccc(Cl)s2)o1. The second kappa shape index (κ2) is 3.77. The summed E-state index contributed by atoms with van der Waals surface area (Å²) in [6.07, 6.45) is -0.707. The van der Waals surface area contributed by atoms with E-state index in [1.54, 1.807) is 18.2 Å². The molecule has 1 atom stereocenters. The van der Waals surface area contributed by atoms with Crippen molar-refractivity contribution in [3.05, 3.63) is 45.0 Å². The fourth-order valence-electron chi connectivity index (χ4n) is 1.22. The van der Waals surface area contributed by atoms with Crippen molar-refractivity contribution >= 4 is 22.9 Å². The Hall–Kier alpha value is -0.770. The maximum Gasteiger partial charge on any atom is 0.146 e. The Morgan fingerprint density at radius 3 is 2.64 bits per heavy atom. The Morgan fingerprint density at radius 1 is 1.36 bits per heavy atom. The lowest BCUT2D eigenvalue weighted by Gasteiger charge is -2.03. The standard InChI is InChI=1S/C10H9ClO2S/c1-6-2-3-7(13-6)10(12)8-4-5-9(11)14-8/h2-5,10,12H,1H3/t10-/m0/s1. The first-order chi connectivity index (χ1) is 6.66. The number of hydrogen-bond acceptors (Lipinski definition) is 3. The number of aliphatic hydroxyl groups is 1. The van der Waals surface area contributed by atoms with Gasteiger partial charge in [0.2, 0.25) is 0 Å². The van der Waals surface area contributed by atoms with Gasteiger partial charge in [-0.2, -0.15) is 0 Å². The van der Waals surface area contributed by atoms with E-state index in [9.17, 15) is 5.11 Å². The minimum Gasteiger partial charge on any atom is -0.463 e. The van der Waals surface area contributed by atoms with Gasteiger partial charge in [-0.3, -0.25) is 0 Å². The first kappa shape index (κ1) is 9.77. The van der Waals surface area contributed by atoms with Gasteiger partial charge < -0.3 is 9.52 Å². The summed E-state index contributed by atoms with van der Waals surface area (Å²) in [5.41, 5.74) is 0. The van der Waals surface area contributed by atoms with Gasteiger partial charge in [0.1, 0.15) is 17.6 Å². The molecule has 0 saturated carbocycles. The number of halogens is 1. The van der Waals surface area contributed by atoms with Crippen LogP contribution in [0, 0.1) is 6.92 Å². The fraction of sp³-hybridized carbons (Fsp3) is 0.200. The largest absolute Gasteiger partial charge is 0.463 e. The van der Waals surface area contributed by atoms with Crippen molar-refractivity contribution in [2.75, 3.05) is 0 Å². The highest BCUT2D eigenvalue weighted by Crippen LogP contribution is 2.31. The number of aliphatic hydroxyl groups excluding tert-OH is 1. The highest BCUT2D eigenvalue weighted by Gasteiger charge is 2.15. The molecule has 0 aromatic carbocycles. The lowest BCUT2D eigenvalue weighted by Crippen LogP contribution is -1.93. The lowest BCUT2D eigenvalue weighted by atomic mass is 10.2. The summed E-state index contributed by atoms with van der Waals surface area (Å²) in [5, 5.41) is 9.88. The molecule has 2 nitrogen and oxygen atoms in total. The molecule has 4 heteroatoms. The van der Waals surface area contributed by atoms with Crippen molar-refractivity contribution in [1.82, 2.24) is 0 Å². The second-order valence-corrected chi connectivity index (χ2v) is 4.74. The van der Waals surface area contributed by atoms with Crippen LogP contribution in [0.3, 0.4) is 0 Å². The van der Waals surface area contributed by atoms with Crippen LogP contribution in [0.4, 0.5) is 0 Å². The molecule has 0 spiro atoms. The van der Waals surface area contributed by atoms with Gasteiger partial charge in [-0.1, -0.05) is 11.6 Å². The third kappa shape index (κ3) is 1.85. The molecule has 0 amide bonds. The average molecular weight is 229 g/mol. The summed E-state index contributed by atoms with van der Waals surface area (Å²) in [6.45, 7) is 1.84. The Balaban J connectivity index is 2.28. The molecule has 0 radical (unpaired) electrons. The van der Waals surface area contributed by atoms with Crippen LogP contribution in [0.2, 0.25) is 4.34 Å². The van der Waals surface area contributed by atoms with Gasteiger partial charge >= 0.3 is 0 Å². The van der Waals surface area contributed by atoms with E-state index in [0.29, 0.717) is 10.1 Å². The van der Waals surface area contributed by atoms with Crippen LogP contribution in [0.25, 0.3) is 0 Å². The predicted octanol–water partition coefficient (Wildman–Crippen LogP) is 3.38. The molecule has 14 heavy (non-hydrogen) atoms. The van der Waals surface area contributed by atoms with Gasteiger partial charge in [0, 0.05) is 4.88 Å². The Kier molecular flexibility index (Phi) is 2.63. The number of aryl methyl sites for hydroxylation is 1. The molecule has 2 aromatic heterocycles. The molecule has 0 aliphatic carbocycles. The van der Waals surface area contributed by atoms with E-state index in [0.717, 1.165) is 10.6 Å². The molecular formula is C10H9ClO2S. The predicted molar refractivity (Wildman–Crippen MR) is 56.8 cm³/mol. The maximum absolute atomic E-state index is 9.88. The first-order valence-electron chi connectivity index (χ1n) is 4.16. The minimum absolute atomic E-state index is 0.556. The van der Waals surface area contributed by atoms with Crippen molar-refractivity contribution in [3.63, 3.8) is 0 Å². The lowest BCUT2D eigenvalue weighted by molar-refractivity contribution is 0.191. The fourth-order valence-corrected chi connectivity index (χ4v) is 2.27. The smallest absolute Gasteiger partial charge is 0.146 e. The van der Waals surface area contributed by atoms with Crippen molar-refractivity contribution in [3.8, 4) is 0 Å². The van der Waals surface area contributed by atoms with E-state index >= 15 is 0 Å². The topological polar surface area (TPSA) is 33.4 Å². The molecule has 1 N–H and O–H groups in total. The summed E-state index contributed by atoms with van der Waals surface area (Å²) < 4.78 is 5.99. The van der Waals surface area contributed by atoms with Gasteiger partial charge in [-0.05, 0) is 31.2 Å². The molecule has 0 fully saturated rings. The number of thiophene rings is 1. The maximum atomic E-state index is 9.88. The molecule has 74 valence electrons. The summed E-state index contributed by atoms with van der Waals surface area (Å²) in [5.74, 6) is 1.35. The van der Waals surface area contributed by atoms with E-state index in [4.69, 9.17) is 16.0 Å². The summed E-state index contributed by atoms with van der Waals surface area (Å²) in [7, 11) is 0. The van der Waals surface area contributed by atoms with E-state index in [-0.39, 0.29) is 0 Å². The van der Waals surface area contributed by atoms with E-state index in [2.05, 4.69) is 0 Å². The first-order valence-corrected chi connectivity index (χ1v) is 5.36. The molecule has 0 unspecified atom stereocenters. The van der Waals surface area contributed by atoms with E-state index in [1.165, 1.54) is 11.3 Å². The Labute approximate surface area is 90.8 Å². The third-order valence-corrected chi connectivity index (χ3v) is 3.18. The molecule has 0 saturated heterocycles. The van der Waals surface area contributed by atoms with Crippen LogP contribution < -0.4 is 0 Å². The van der Waals surface area contributed by atoms with Crippen LogP contribution in [0.15, 0.2) is 28.7 Å². The average Bonchev–Trinajstić information content (AvgIpc) is 2.73. The zero-order valence-electron chi connectivity index (χ0n) is 7.53. The van der Waals surface area contributed by atoms with Gasteiger partial charge in [0.05, 0.1) is 4.34 Å². The molecule has 0 bridgehead atoms. The number of furan rings is 1. The van der Waals surface area contributed by atoms with Gasteiger partial charge in [0.15, 0.2) is 0 Å². The van der Waals surface area contributed by atoms with Gasteiger partial charge in [-0.25, -0.2) is 0 Å². The number of rotatable bonds is 2. The van der Waals surface area contributed by atoms with Crippen molar-refractivity contribution < 1.29 is 9.52 Å². The van der Waals surface area contributed by atoms with Gasteiger partial charge in [-0.15, -0.1) is 11.3 Å². The summed E-state index contributed by atoms with van der Waals surface area (Å²) >= 11 is 7.13.